The summed E-state index contributed by atoms with van der Waals surface area (Å²) in [4.78, 5) is 0. The van der Waals surface area contributed by atoms with Crippen molar-refractivity contribution >= 4 is 28.3 Å². The van der Waals surface area contributed by atoms with E-state index in [1.807, 2.05) is 43.3 Å². The molecule has 3 rings (SSSR count). The third-order valence-electron chi connectivity index (χ3n) is 4.63. The summed E-state index contributed by atoms with van der Waals surface area (Å²) >= 11 is 0. The standard InChI is InChI=1S/C23H22N4O4/c1-16(18-8-10-20(11-9-18)19-6-4-3-5-7-19)14-17(2)24-25-22-13-12-21(26(28)29)15-23(22)27(30)31/h3-15,25,30-31H,1-2H3/q-2. The van der Waals surface area contributed by atoms with E-state index in [1.165, 1.54) is 12.1 Å². The van der Waals surface area contributed by atoms with Crippen LogP contribution in [0.2, 0.25) is 0 Å². The first-order valence-corrected chi connectivity index (χ1v) is 9.46. The van der Waals surface area contributed by atoms with Crippen LogP contribution in [0.15, 0.2) is 84.0 Å². The van der Waals surface area contributed by atoms with Gasteiger partial charge in [0.15, 0.2) is 0 Å². The minimum Gasteiger partial charge on any atom is -0.769 e. The summed E-state index contributed by atoms with van der Waals surface area (Å²) in [5, 5.41) is 43.8. The molecule has 3 aromatic carbocycles. The number of anilines is 3. The van der Waals surface area contributed by atoms with Crippen molar-refractivity contribution in [2.75, 3.05) is 15.9 Å². The molecular weight excluding hydrogens is 396 g/mol. The van der Waals surface area contributed by atoms with Crippen molar-refractivity contribution in [1.82, 2.24) is 0 Å². The van der Waals surface area contributed by atoms with E-state index >= 15 is 0 Å². The van der Waals surface area contributed by atoms with Gasteiger partial charge in [-0.3, -0.25) is 15.8 Å². The van der Waals surface area contributed by atoms with Gasteiger partial charge in [-0.1, -0.05) is 54.6 Å². The van der Waals surface area contributed by atoms with Crippen LogP contribution in [0.5, 0.6) is 0 Å². The second-order valence-corrected chi connectivity index (χ2v) is 6.88. The average Bonchev–Trinajstić information content (AvgIpc) is 2.78. The van der Waals surface area contributed by atoms with Gasteiger partial charge in [0.1, 0.15) is 5.69 Å². The first kappa shape index (κ1) is 22.0. The van der Waals surface area contributed by atoms with Crippen LogP contribution >= 0.6 is 0 Å². The van der Waals surface area contributed by atoms with E-state index in [2.05, 4.69) is 34.8 Å². The zero-order valence-electron chi connectivity index (χ0n) is 17.1. The Kier molecular flexibility index (Phi) is 7.01. The molecule has 0 aliphatic heterocycles. The minimum atomic E-state index is -0.625. The average molecular weight is 418 g/mol. The van der Waals surface area contributed by atoms with Gasteiger partial charge in [0.25, 0.3) is 0 Å². The quantitative estimate of drug-likeness (QED) is 0.336. The molecular formula is C23H22N4O4-2. The topological polar surface area (TPSA) is 117 Å². The number of hydrazone groups is 1. The summed E-state index contributed by atoms with van der Waals surface area (Å²) in [7, 11) is 0. The van der Waals surface area contributed by atoms with E-state index in [0.717, 1.165) is 28.3 Å². The van der Waals surface area contributed by atoms with E-state index in [1.54, 1.807) is 6.92 Å². The molecule has 0 atom stereocenters. The maximum atomic E-state index is 10.9. The first-order chi connectivity index (χ1) is 14.8. The van der Waals surface area contributed by atoms with Crippen LogP contribution in [0, 0.1) is 10.4 Å². The highest BCUT2D eigenvalue weighted by atomic mass is 16.8. The van der Waals surface area contributed by atoms with Crippen molar-refractivity contribution in [2.45, 2.75) is 13.8 Å². The third kappa shape index (κ3) is 5.68. The number of hydrogen-bond donors (Lipinski definition) is 3. The zero-order valence-corrected chi connectivity index (χ0v) is 17.1. The molecule has 0 aromatic heterocycles. The van der Waals surface area contributed by atoms with Gasteiger partial charge in [-0.15, -0.1) is 5.23 Å². The summed E-state index contributed by atoms with van der Waals surface area (Å²) < 4.78 is 0. The van der Waals surface area contributed by atoms with Gasteiger partial charge in [-0.05, 0) is 60.4 Å². The molecule has 0 saturated heterocycles. The van der Waals surface area contributed by atoms with Crippen LogP contribution < -0.4 is 15.9 Å². The zero-order chi connectivity index (χ0) is 22.4. The van der Waals surface area contributed by atoms with Gasteiger partial charge in [-0.25, -0.2) is 0 Å². The Morgan fingerprint density at radius 3 is 2.16 bits per heavy atom. The molecule has 0 aliphatic rings. The number of allylic oxidation sites excluding steroid dienone is 2. The Morgan fingerprint density at radius 2 is 1.55 bits per heavy atom. The highest BCUT2D eigenvalue weighted by Gasteiger charge is 2.08. The number of nitrogens with one attached hydrogen (secondary N) is 1. The lowest BCUT2D eigenvalue weighted by molar-refractivity contribution is 0.0295. The lowest BCUT2D eigenvalue weighted by atomic mass is 10.0. The van der Waals surface area contributed by atoms with Crippen LogP contribution in [-0.2, 0) is 0 Å². The Labute approximate surface area is 180 Å². The molecule has 8 heteroatoms. The molecule has 0 spiro atoms. The fourth-order valence-corrected chi connectivity index (χ4v) is 3.03. The van der Waals surface area contributed by atoms with Gasteiger partial charge in [0.05, 0.1) is 11.4 Å². The molecule has 0 fully saturated rings. The highest BCUT2D eigenvalue weighted by Crippen LogP contribution is 2.29. The third-order valence-corrected chi connectivity index (χ3v) is 4.63. The SMILES string of the molecule is CC(=CC(C)=NNc1ccc(N([O-])[O-])cc1N(O)O)c1ccc(-c2ccccc2)cc1. The lowest BCUT2D eigenvalue weighted by Gasteiger charge is -2.37. The van der Waals surface area contributed by atoms with Crippen LogP contribution in [0.25, 0.3) is 16.7 Å². The Morgan fingerprint density at radius 1 is 0.903 bits per heavy atom. The molecule has 0 heterocycles. The summed E-state index contributed by atoms with van der Waals surface area (Å²) in [5.74, 6) is 0. The second-order valence-electron chi connectivity index (χ2n) is 6.88. The van der Waals surface area contributed by atoms with Crippen molar-refractivity contribution in [3.63, 3.8) is 0 Å². The van der Waals surface area contributed by atoms with E-state index in [-0.39, 0.29) is 22.3 Å². The van der Waals surface area contributed by atoms with Crippen LogP contribution in [-0.4, -0.2) is 16.1 Å². The lowest BCUT2D eigenvalue weighted by Crippen LogP contribution is -2.14. The summed E-state index contributed by atoms with van der Waals surface area (Å²) in [6.45, 7) is 3.76. The molecule has 0 amide bonds. The molecule has 3 aromatic rings. The number of rotatable bonds is 7. The highest BCUT2D eigenvalue weighted by molar-refractivity contribution is 5.99. The molecule has 0 aliphatic carbocycles. The van der Waals surface area contributed by atoms with E-state index in [0.29, 0.717) is 5.71 Å². The fraction of sp³-hybridized carbons (Fsp3) is 0.0870. The first-order valence-electron chi connectivity index (χ1n) is 9.46. The van der Waals surface area contributed by atoms with Gasteiger partial charge >= 0.3 is 0 Å². The second kappa shape index (κ2) is 9.88. The summed E-state index contributed by atoms with van der Waals surface area (Å²) in [5.41, 5.74) is 7.40. The largest absolute Gasteiger partial charge is 0.769 e. The fourth-order valence-electron chi connectivity index (χ4n) is 3.03. The molecule has 8 nitrogen and oxygen atoms in total. The number of nitrogens with zero attached hydrogens (tertiary/aromatic N) is 3. The van der Waals surface area contributed by atoms with E-state index in [9.17, 15) is 20.8 Å². The maximum absolute atomic E-state index is 10.9. The van der Waals surface area contributed by atoms with Gasteiger partial charge in [0, 0.05) is 5.69 Å². The molecule has 160 valence electrons. The van der Waals surface area contributed by atoms with Crippen molar-refractivity contribution in [2.24, 2.45) is 5.10 Å². The monoisotopic (exact) mass is 418 g/mol. The van der Waals surface area contributed by atoms with E-state index in [4.69, 9.17) is 0 Å². The van der Waals surface area contributed by atoms with Crippen molar-refractivity contribution in [1.29, 1.82) is 0 Å². The Balaban J connectivity index is 1.75. The van der Waals surface area contributed by atoms with Gasteiger partial charge in [0.2, 0.25) is 0 Å². The molecule has 0 saturated carbocycles. The smallest absolute Gasteiger partial charge is 0.121 e. The molecule has 3 N–H and O–H groups in total. The molecule has 31 heavy (non-hydrogen) atoms. The van der Waals surface area contributed by atoms with Crippen molar-refractivity contribution in [3.05, 3.63) is 94.9 Å². The maximum Gasteiger partial charge on any atom is 0.121 e. The van der Waals surface area contributed by atoms with E-state index < -0.39 is 5.23 Å². The van der Waals surface area contributed by atoms with Gasteiger partial charge in [-0.2, -0.15) is 5.10 Å². The Bertz CT molecular complexity index is 1080. The van der Waals surface area contributed by atoms with Gasteiger partial charge < -0.3 is 15.6 Å². The number of hydrogen-bond acceptors (Lipinski definition) is 8. The van der Waals surface area contributed by atoms with Crippen LogP contribution in [0.4, 0.5) is 17.1 Å². The van der Waals surface area contributed by atoms with Crippen molar-refractivity contribution < 1.29 is 10.4 Å². The van der Waals surface area contributed by atoms with Crippen molar-refractivity contribution in [3.8, 4) is 11.1 Å². The predicted octanol–water partition coefficient (Wildman–Crippen LogP) is 5.63. The Hall–Kier alpha value is -3.69. The van der Waals surface area contributed by atoms with Crippen LogP contribution in [0.3, 0.4) is 0 Å². The number of benzene rings is 3. The predicted molar refractivity (Wildman–Crippen MR) is 124 cm³/mol. The molecule has 0 bridgehead atoms. The summed E-state index contributed by atoms with van der Waals surface area (Å²) in [6, 6.07) is 21.9. The summed E-state index contributed by atoms with van der Waals surface area (Å²) in [6.07, 6.45) is 1.88. The molecule has 0 radical (unpaired) electrons. The minimum absolute atomic E-state index is 0.185. The molecule has 0 unspecified atom stereocenters. The van der Waals surface area contributed by atoms with Crippen LogP contribution in [0.1, 0.15) is 19.4 Å². The normalized spacial score (nSPS) is 11.9.